The summed E-state index contributed by atoms with van der Waals surface area (Å²) >= 11 is 0. The van der Waals surface area contributed by atoms with Crippen LogP contribution in [0.3, 0.4) is 0 Å². The molecule has 5 N–H and O–H groups in total. The molecule has 0 aliphatic carbocycles. The molecule has 5 nitrogen and oxygen atoms in total. The van der Waals surface area contributed by atoms with Gasteiger partial charge >= 0.3 is 0 Å². The van der Waals surface area contributed by atoms with Crippen molar-refractivity contribution >= 4 is 5.69 Å². The van der Waals surface area contributed by atoms with Gasteiger partial charge in [0.2, 0.25) is 0 Å². The van der Waals surface area contributed by atoms with Crippen LogP contribution in [0, 0.1) is 5.41 Å². The van der Waals surface area contributed by atoms with Gasteiger partial charge in [-0.25, -0.2) is 5.84 Å². The van der Waals surface area contributed by atoms with Gasteiger partial charge in [0.05, 0.1) is 6.54 Å². The van der Waals surface area contributed by atoms with E-state index in [0.717, 1.165) is 31.9 Å². The summed E-state index contributed by atoms with van der Waals surface area (Å²) in [5.74, 6) is 6.15. The molecule has 0 spiro atoms. The SMILES string of the molecule is CC(C)(C)/C(N)=C/N(N)Cc1ccccc1N1CCNCC1. The molecule has 0 bridgehead atoms. The molecule has 0 radical (unpaired) electrons. The molecule has 1 fully saturated rings. The van der Waals surface area contributed by atoms with Crippen molar-refractivity contribution in [3.63, 3.8) is 0 Å². The molecular weight excluding hydrogens is 274 g/mol. The van der Waals surface area contributed by atoms with Crippen LogP contribution in [0.5, 0.6) is 0 Å². The van der Waals surface area contributed by atoms with E-state index in [9.17, 15) is 0 Å². The molecule has 22 heavy (non-hydrogen) atoms. The van der Waals surface area contributed by atoms with Gasteiger partial charge in [-0.3, -0.25) is 0 Å². The summed E-state index contributed by atoms with van der Waals surface area (Å²) < 4.78 is 0. The predicted octanol–water partition coefficient (Wildman–Crippen LogP) is 1.62. The van der Waals surface area contributed by atoms with Crippen LogP contribution in [0.25, 0.3) is 0 Å². The van der Waals surface area contributed by atoms with Crippen molar-refractivity contribution in [2.75, 3.05) is 31.1 Å². The van der Waals surface area contributed by atoms with Gasteiger partial charge in [-0.15, -0.1) is 0 Å². The molecular formula is C17H29N5. The first-order valence-electron chi connectivity index (χ1n) is 7.90. The van der Waals surface area contributed by atoms with E-state index in [1.165, 1.54) is 11.3 Å². The van der Waals surface area contributed by atoms with E-state index >= 15 is 0 Å². The maximum absolute atomic E-state index is 6.15. The summed E-state index contributed by atoms with van der Waals surface area (Å²) in [6, 6.07) is 8.45. The van der Waals surface area contributed by atoms with Gasteiger partial charge < -0.3 is 21.0 Å². The molecule has 0 aromatic heterocycles. The molecule has 0 saturated carbocycles. The lowest BCUT2D eigenvalue weighted by Gasteiger charge is -2.32. The maximum Gasteiger partial charge on any atom is 0.0606 e. The van der Waals surface area contributed by atoms with Crippen molar-refractivity contribution in [1.29, 1.82) is 0 Å². The third-order valence-corrected chi connectivity index (χ3v) is 3.97. The highest BCUT2D eigenvalue weighted by Gasteiger charge is 2.16. The maximum atomic E-state index is 6.15. The molecule has 0 amide bonds. The molecule has 1 aliphatic rings. The third-order valence-electron chi connectivity index (χ3n) is 3.97. The van der Waals surface area contributed by atoms with E-state index in [1.807, 2.05) is 6.20 Å². The number of nitrogens with zero attached hydrogens (tertiary/aromatic N) is 2. The number of hydrogen-bond acceptors (Lipinski definition) is 5. The van der Waals surface area contributed by atoms with Crippen LogP contribution in [0.15, 0.2) is 36.2 Å². The van der Waals surface area contributed by atoms with Crippen molar-refractivity contribution in [3.8, 4) is 0 Å². The monoisotopic (exact) mass is 303 g/mol. The van der Waals surface area contributed by atoms with Gasteiger partial charge in [0, 0.05) is 49.2 Å². The summed E-state index contributed by atoms with van der Waals surface area (Å²) in [5.41, 5.74) is 9.31. The highest BCUT2D eigenvalue weighted by Crippen LogP contribution is 2.23. The Kier molecular flexibility index (Phi) is 5.32. The van der Waals surface area contributed by atoms with Crippen LogP contribution >= 0.6 is 0 Å². The highest BCUT2D eigenvalue weighted by molar-refractivity contribution is 5.54. The largest absolute Gasteiger partial charge is 0.400 e. The Morgan fingerprint density at radius 2 is 1.91 bits per heavy atom. The number of benzene rings is 1. The fraction of sp³-hybridized carbons (Fsp3) is 0.529. The van der Waals surface area contributed by atoms with Crippen molar-refractivity contribution in [1.82, 2.24) is 10.3 Å². The zero-order valence-corrected chi connectivity index (χ0v) is 14.0. The number of hydrazine groups is 1. The van der Waals surface area contributed by atoms with Crippen molar-refractivity contribution in [2.24, 2.45) is 17.0 Å². The molecule has 1 heterocycles. The molecule has 1 aromatic carbocycles. The summed E-state index contributed by atoms with van der Waals surface area (Å²) in [6.07, 6.45) is 1.84. The average molecular weight is 303 g/mol. The van der Waals surface area contributed by atoms with Crippen LogP contribution in [-0.2, 0) is 6.54 Å². The van der Waals surface area contributed by atoms with Crippen LogP contribution in [0.2, 0.25) is 0 Å². The molecule has 0 atom stereocenters. The first-order valence-corrected chi connectivity index (χ1v) is 7.90. The molecule has 1 saturated heterocycles. The number of allylic oxidation sites excluding steroid dienone is 1. The predicted molar refractivity (Wildman–Crippen MR) is 93.0 cm³/mol. The van der Waals surface area contributed by atoms with Gasteiger partial charge in [0.1, 0.15) is 0 Å². The van der Waals surface area contributed by atoms with Gasteiger partial charge in [0.25, 0.3) is 0 Å². The smallest absolute Gasteiger partial charge is 0.0606 e. The Hall–Kier alpha value is -1.72. The van der Waals surface area contributed by atoms with Crippen LogP contribution in [0.4, 0.5) is 5.69 Å². The van der Waals surface area contributed by atoms with E-state index in [0.29, 0.717) is 6.54 Å². The van der Waals surface area contributed by atoms with E-state index in [4.69, 9.17) is 11.6 Å². The van der Waals surface area contributed by atoms with E-state index in [-0.39, 0.29) is 5.41 Å². The number of hydrogen-bond donors (Lipinski definition) is 3. The number of para-hydroxylation sites is 1. The topological polar surface area (TPSA) is 70.5 Å². The Morgan fingerprint density at radius 1 is 1.27 bits per heavy atom. The first kappa shape index (κ1) is 16.6. The summed E-state index contributed by atoms with van der Waals surface area (Å²) in [5, 5.41) is 5.07. The summed E-state index contributed by atoms with van der Waals surface area (Å²) in [7, 11) is 0. The fourth-order valence-electron chi connectivity index (χ4n) is 2.47. The van der Waals surface area contributed by atoms with Gasteiger partial charge in [-0.05, 0) is 11.6 Å². The Bertz CT molecular complexity index is 512. The summed E-state index contributed by atoms with van der Waals surface area (Å²) in [6.45, 7) is 11.0. The van der Waals surface area contributed by atoms with Crippen molar-refractivity contribution < 1.29 is 0 Å². The second kappa shape index (κ2) is 7.03. The molecule has 5 heteroatoms. The molecule has 0 unspecified atom stereocenters. The van der Waals surface area contributed by atoms with Crippen LogP contribution in [-0.4, -0.2) is 31.2 Å². The van der Waals surface area contributed by atoms with Crippen LogP contribution < -0.4 is 21.8 Å². The molecule has 122 valence electrons. The number of nitrogens with two attached hydrogens (primary N) is 2. The van der Waals surface area contributed by atoms with Gasteiger partial charge in [-0.1, -0.05) is 39.0 Å². The lowest BCUT2D eigenvalue weighted by Crippen LogP contribution is -2.44. The van der Waals surface area contributed by atoms with Crippen molar-refractivity contribution in [2.45, 2.75) is 27.3 Å². The standard InChI is InChI=1S/C17H29N5/c1-17(2,3)16(18)13-22(19)12-14-6-4-5-7-15(14)21-10-8-20-9-11-21/h4-7,13,20H,8-12,18-19H2,1-3H3/b16-13-. The zero-order valence-electron chi connectivity index (χ0n) is 14.0. The van der Waals surface area contributed by atoms with Crippen LogP contribution in [0.1, 0.15) is 26.3 Å². The number of rotatable bonds is 4. The molecule has 2 rings (SSSR count). The number of anilines is 1. The Morgan fingerprint density at radius 3 is 2.55 bits per heavy atom. The second-order valence-electron chi connectivity index (χ2n) is 6.87. The van der Waals surface area contributed by atoms with E-state index in [2.05, 4.69) is 55.3 Å². The van der Waals surface area contributed by atoms with E-state index in [1.54, 1.807) is 5.01 Å². The number of piperazine rings is 1. The average Bonchev–Trinajstić information content (AvgIpc) is 2.47. The minimum absolute atomic E-state index is 0.0737. The van der Waals surface area contributed by atoms with E-state index < -0.39 is 0 Å². The lowest BCUT2D eigenvalue weighted by atomic mass is 9.93. The minimum Gasteiger partial charge on any atom is -0.400 e. The quantitative estimate of drug-likeness (QED) is 0.582. The highest BCUT2D eigenvalue weighted by atomic mass is 15.4. The minimum atomic E-state index is -0.0737. The van der Waals surface area contributed by atoms with Gasteiger partial charge in [0.15, 0.2) is 0 Å². The lowest BCUT2D eigenvalue weighted by molar-refractivity contribution is 0.368. The Balaban J connectivity index is 2.12. The second-order valence-corrected chi connectivity index (χ2v) is 6.87. The normalized spacial score (nSPS) is 16.7. The molecule has 1 aliphatic heterocycles. The fourth-order valence-corrected chi connectivity index (χ4v) is 2.47. The summed E-state index contributed by atoms with van der Waals surface area (Å²) in [4.78, 5) is 2.41. The number of nitrogens with one attached hydrogen (secondary N) is 1. The van der Waals surface area contributed by atoms with Crippen molar-refractivity contribution in [3.05, 3.63) is 41.7 Å². The zero-order chi connectivity index (χ0) is 16.2. The van der Waals surface area contributed by atoms with Gasteiger partial charge in [-0.2, -0.15) is 0 Å². The third kappa shape index (κ3) is 4.39. The Labute approximate surface area is 133 Å². The molecule has 1 aromatic rings. The first-order chi connectivity index (χ1) is 10.4.